The molecule has 10 nitrogen and oxygen atoms in total. The maximum atomic E-state index is 11.9. The smallest absolute Gasteiger partial charge is 0.373 e. The summed E-state index contributed by atoms with van der Waals surface area (Å²) in [5, 5.41) is 11.9. The predicted octanol–water partition coefficient (Wildman–Crippen LogP) is 2.91. The highest BCUT2D eigenvalue weighted by Crippen LogP contribution is 2.39. The Morgan fingerprint density at radius 1 is 0.933 bits per heavy atom. The number of para-hydroxylation sites is 2. The van der Waals surface area contributed by atoms with Gasteiger partial charge in [0.15, 0.2) is 11.5 Å². The maximum Gasteiger partial charge on any atom is 0.373 e. The number of hydrogen-bond donors (Lipinski definition) is 0. The maximum absolute atomic E-state index is 11.9. The third-order valence-corrected chi connectivity index (χ3v) is 4.78. The summed E-state index contributed by atoms with van der Waals surface area (Å²) in [5.74, 6) is 1.79. The van der Waals surface area contributed by atoms with E-state index in [-0.39, 0.29) is 17.4 Å². The Morgan fingerprint density at radius 3 is 2.30 bits per heavy atom. The third kappa shape index (κ3) is 3.93. The van der Waals surface area contributed by atoms with Gasteiger partial charge in [-0.05, 0) is 24.3 Å². The van der Waals surface area contributed by atoms with Gasteiger partial charge in [0.2, 0.25) is 5.82 Å². The van der Waals surface area contributed by atoms with Gasteiger partial charge in [0.1, 0.15) is 12.1 Å². The molecular formula is C20H20N6O4. The highest BCUT2D eigenvalue weighted by Gasteiger charge is 2.31. The van der Waals surface area contributed by atoms with Crippen LogP contribution in [0.25, 0.3) is 0 Å². The molecule has 3 heterocycles. The summed E-state index contributed by atoms with van der Waals surface area (Å²) in [6.45, 7) is 2.45. The highest BCUT2D eigenvalue weighted by atomic mass is 16.6. The van der Waals surface area contributed by atoms with Crippen molar-refractivity contribution in [2.45, 2.75) is 0 Å². The third-order valence-electron chi connectivity index (χ3n) is 4.78. The van der Waals surface area contributed by atoms with Crippen LogP contribution in [0.3, 0.4) is 0 Å². The van der Waals surface area contributed by atoms with Gasteiger partial charge in [-0.15, -0.1) is 0 Å². The van der Waals surface area contributed by atoms with Crippen LogP contribution < -0.4 is 19.3 Å². The fourth-order valence-corrected chi connectivity index (χ4v) is 3.32. The Labute approximate surface area is 172 Å². The number of hydrogen-bond acceptors (Lipinski definition) is 9. The van der Waals surface area contributed by atoms with E-state index in [9.17, 15) is 10.1 Å². The van der Waals surface area contributed by atoms with Crippen molar-refractivity contribution in [2.75, 3.05) is 43.1 Å². The van der Waals surface area contributed by atoms with Gasteiger partial charge in [-0.25, -0.2) is 9.97 Å². The van der Waals surface area contributed by atoms with Crippen molar-refractivity contribution < 1.29 is 14.4 Å². The van der Waals surface area contributed by atoms with E-state index in [0.717, 1.165) is 5.82 Å². The fourth-order valence-electron chi connectivity index (χ4n) is 3.32. The number of piperazine rings is 1. The highest BCUT2D eigenvalue weighted by molar-refractivity contribution is 5.64. The molecule has 0 amide bonds. The van der Waals surface area contributed by atoms with Crippen LogP contribution in [-0.4, -0.2) is 53.2 Å². The molecule has 0 N–H and O–H groups in total. The van der Waals surface area contributed by atoms with Gasteiger partial charge in [0.05, 0.1) is 12.0 Å². The molecule has 0 bridgehead atoms. The van der Waals surface area contributed by atoms with Crippen molar-refractivity contribution >= 4 is 17.3 Å². The molecule has 1 aliphatic heterocycles. The van der Waals surface area contributed by atoms with Crippen LogP contribution in [0, 0.1) is 10.1 Å². The predicted molar refractivity (Wildman–Crippen MR) is 110 cm³/mol. The van der Waals surface area contributed by atoms with Gasteiger partial charge >= 0.3 is 11.6 Å². The van der Waals surface area contributed by atoms with E-state index in [1.54, 1.807) is 30.5 Å². The second kappa shape index (κ2) is 8.60. The molecule has 0 spiro atoms. The van der Waals surface area contributed by atoms with Crippen LogP contribution in [0.15, 0.2) is 55.0 Å². The van der Waals surface area contributed by atoms with Gasteiger partial charge < -0.3 is 19.3 Å². The van der Waals surface area contributed by atoms with Gasteiger partial charge in [0, 0.05) is 32.4 Å². The van der Waals surface area contributed by atoms with Crippen LogP contribution in [0.4, 0.5) is 17.3 Å². The minimum Gasteiger partial charge on any atom is -0.493 e. The quantitative estimate of drug-likeness (QED) is 0.449. The first kappa shape index (κ1) is 19.4. The van der Waals surface area contributed by atoms with Crippen molar-refractivity contribution in [1.82, 2.24) is 15.0 Å². The molecule has 1 fully saturated rings. The van der Waals surface area contributed by atoms with E-state index in [1.807, 2.05) is 23.1 Å². The lowest BCUT2D eigenvalue weighted by Gasteiger charge is -2.35. The first-order chi connectivity index (χ1) is 14.7. The SMILES string of the molecule is COc1ccccc1Oc1ncnc(N2CCN(c3ccccn3)CC2)c1[N+](=O)[O-]. The monoisotopic (exact) mass is 408 g/mol. The number of aromatic nitrogens is 3. The second-order valence-electron chi connectivity index (χ2n) is 6.52. The Balaban J connectivity index is 1.59. The molecule has 30 heavy (non-hydrogen) atoms. The van der Waals surface area contributed by atoms with Crippen LogP contribution >= 0.6 is 0 Å². The number of anilines is 2. The Bertz CT molecular complexity index is 1020. The molecule has 0 atom stereocenters. The molecule has 154 valence electrons. The Morgan fingerprint density at radius 2 is 1.63 bits per heavy atom. The molecule has 0 aliphatic carbocycles. The van der Waals surface area contributed by atoms with E-state index in [0.29, 0.717) is 37.7 Å². The van der Waals surface area contributed by atoms with Crippen molar-refractivity contribution in [3.8, 4) is 17.4 Å². The molecule has 2 aromatic heterocycles. The molecule has 1 aliphatic rings. The summed E-state index contributed by atoms with van der Waals surface area (Å²) in [7, 11) is 1.50. The largest absolute Gasteiger partial charge is 0.493 e. The van der Waals surface area contributed by atoms with Gasteiger partial charge in [0.25, 0.3) is 0 Å². The first-order valence-corrected chi connectivity index (χ1v) is 9.38. The van der Waals surface area contributed by atoms with Crippen molar-refractivity contribution in [1.29, 1.82) is 0 Å². The van der Waals surface area contributed by atoms with Crippen LogP contribution in [0.2, 0.25) is 0 Å². The number of pyridine rings is 1. The second-order valence-corrected chi connectivity index (χ2v) is 6.52. The lowest BCUT2D eigenvalue weighted by Crippen LogP contribution is -2.47. The molecule has 0 radical (unpaired) electrons. The summed E-state index contributed by atoms with van der Waals surface area (Å²) >= 11 is 0. The average Bonchev–Trinajstić information content (AvgIpc) is 2.80. The average molecular weight is 408 g/mol. The van der Waals surface area contributed by atoms with Crippen LogP contribution in [0.1, 0.15) is 0 Å². The number of benzene rings is 1. The zero-order valence-corrected chi connectivity index (χ0v) is 16.3. The lowest BCUT2D eigenvalue weighted by atomic mass is 10.3. The summed E-state index contributed by atoms with van der Waals surface area (Å²) in [6, 6.07) is 12.7. The van der Waals surface area contributed by atoms with E-state index < -0.39 is 4.92 Å². The summed E-state index contributed by atoms with van der Waals surface area (Å²) < 4.78 is 11.0. The van der Waals surface area contributed by atoms with Crippen molar-refractivity contribution in [2.24, 2.45) is 0 Å². The number of ether oxygens (including phenoxy) is 2. The number of methoxy groups -OCH3 is 1. The molecule has 3 aromatic rings. The molecule has 0 saturated carbocycles. The first-order valence-electron chi connectivity index (χ1n) is 9.38. The normalized spacial score (nSPS) is 13.8. The van der Waals surface area contributed by atoms with Crippen LogP contribution in [-0.2, 0) is 0 Å². The number of nitrogens with zero attached hydrogens (tertiary/aromatic N) is 6. The van der Waals surface area contributed by atoms with Crippen molar-refractivity contribution in [3.05, 3.63) is 65.1 Å². The molecular weight excluding hydrogens is 388 g/mol. The van der Waals surface area contributed by atoms with E-state index in [2.05, 4.69) is 19.9 Å². The fraction of sp³-hybridized carbons (Fsp3) is 0.250. The zero-order chi connectivity index (χ0) is 20.9. The standard InChI is InChI=1S/C20H20N6O4/c1-29-15-6-2-3-7-16(15)30-20-18(26(27)28)19(22-14-23-20)25-12-10-24(11-13-25)17-8-4-5-9-21-17/h2-9,14H,10-13H2,1H3. The summed E-state index contributed by atoms with van der Waals surface area (Å²) in [6.07, 6.45) is 3.02. The van der Waals surface area contributed by atoms with Gasteiger partial charge in [-0.3, -0.25) is 10.1 Å². The number of rotatable bonds is 6. The molecule has 0 unspecified atom stereocenters. The van der Waals surface area contributed by atoms with Gasteiger partial charge in [-0.1, -0.05) is 18.2 Å². The lowest BCUT2D eigenvalue weighted by molar-refractivity contribution is -0.385. The summed E-state index contributed by atoms with van der Waals surface area (Å²) in [5.41, 5.74) is -0.269. The van der Waals surface area contributed by atoms with E-state index in [4.69, 9.17) is 9.47 Å². The Hall–Kier alpha value is -3.95. The minimum atomic E-state index is -0.509. The van der Waals surface area contributed by atoms with E-state index >= 15 is 0 Å². The van der Waals surface area contributed by atoms with Crippen LogP contribution in [0.5, 0.6) is 17.4 Å². The molecule has 10 heteroatoms. The molecule has 1 aromatic carbocycles. The Kier molecular flexibility index (Phi) is 5.55. The molecule has 4 rings (SSSR count). The van der Waals surface area contributed by atoms with Gasteiger partial charge in [-0.2, -0.15) is 4.98 Å². The zero-order valence-electron chi connectivity index (χ0n) is 16.3. The van der Waals surface area contributed by atoms with E-state index in [1.165, 1.54) is 13.4 Å². The molecule has 1 saturated heterocycles. The topological polar surface area (TPSA) is 107 Å². The summed E-state index contributed by atoms with van der Waals surface area (Å²) in [4.78, 5) is 27.9. The minimum absolute atomic E-state index is 0.123. The van der Waals surface area contributed by atoms with Crippen molar-refractivity contribution in [3.63, 3.8) is 0 Å². The number of nitro groups is 1.